The molecule has 5 heteroatoms. The first-order chi connectivity index (χ1) is 2.00. The zero-order chi connectivity index (χ0) is 4.50. The SMILES string of the molecule is BP(F)(F)=S. The molecular weight excluding hydrogens is 112 g/mol. The van der Waals surface area contributed by atoms with Crippen LogP contribution >= 0.6 is 6.54 Å². The van der Waals surface area contributed by atoms with E-state index in [0.717, 1.165) is 7.57 Å². The van der Waals surface area contributed by atoms with Gasteiger partial charge in [0.1, 0.15) is 0 Å². The Balaban J connectivity index is 3.47. The van der Waals surface area contributed by atoms with Crippen molar-refractivity contribution in [3.05, 3.63) is 0 Å². The van der Waals surface area contributed by atoms with E-state index in [9.17, 15) is 8.39 Å². The molecule has 0 nitrogen and oxygen atoms in total. The second-order valence-electron chi connectivity index (χ2n) is 0.723. The molecule has 0 bridgehead atoms. The first-order valence-corrected chi connectivity index (χ1v) is 4.00. The molecule has 0 amide bonds. The van der Waals surface area contributed by atoms with Gasteiger partial charge in [-0.2, -0.15) is 8.39 Å². The normalized spacial score (nSPS) is 11.6. The molecular formula is H2BF2PS. The molecule has 0 heterocycles. The molecule has 0 aromatic rings. The Morgan fingerprint density at radius 1 is 1.60 bits per heavy atom. The van der Waals surface area contributed by atoms with Crippen LogP contribution in [0.2, 0.25) is 0 Å². The van der Waals surface area contributed by atoms with Crippen molar-refractivity contribution < 1.29 is 8.39 Å². The van der Waals surface area contributed by atoms with E-state index >= 15 is 0 Å². The van der Waals surface area contributed by atoms with Gasteiger partial charge in [0.2, 0.25) is 14.1 Å². The number of hydrogen-bond donors (Lipinski definition) is 0. The van der Waals surface area contributed by atoms with Crippen molar-refractivity contribution in [2.24, 2.45) is 0 Å². The molecule has 0 aliphatic rings. The fourth-order valence-corrected chi connectivity index (χ4v) is 0. The Bertz CT molecular complexity index is 55.8. The fourth-order valence-electron chi connectivity index (χ4n) is 0. The topological polar surface area (TPSA) is 0 Å². The van der Waals surface area contributed by atoms with E-state index in [1.807, 2.05) is 0 Å². The van der Waals surface area contributed by atoms with Gasteiger partial charge >= 0.3 is 0 Å². The van der Waals surface area contributed by atoms with Gasteiger partial charge in [0, 0.05) is 0 Å². The molecule has 0 aromatic heterocycles. The van der Waals surface area contributed by atoms with E-state index in [4.69, 9.17) is 0 Å². The molecule has 0 saturated carbocycles. The highest BCUT2D eigenvalue weighted by Gasteiger charge is 1.97. The Labute approximate surface area is 35.2 Å². The minimum Gasteiger partial charge on any atom is -0.194 e. The molecule has 0 aromatic carbocycles. The van der Waals surface area contributed by atoms with Crippen LogP contribution < -0.4 is 0 Å². The third-order valence-electron chi connectivity index (χ3n) is 0. The van der Waals surface area contributed by atoms with E-state index in [-0.39, 0.29) is 0 Å². The third-order valence-corrected chi connectivity index (χ3v) is 0. The quantitative estimate of drug-likeness (QED) is 0.331. The second kappa shape index (κ2) is 1.35. The van der Waals surface area contributed by atoms with Gasteiger partial charge in [-0.1, -0.05) is 0 Å². The van der Waals surface area contributed by atoms with E-state index in [1.54, 1.807) is 0 Å². The molecule has 0 saturated heterocycles. The third kappa shape index (κ3) is 91.8. The molecule has 0 fully saturated rings. The average Bonchev–Trinajstić information content (AvgIpc) is 0.722. The van der Waals surface area contributed by atoms with E-state index in [0.29, 0.717) is 0 Å². The molecule has 0 atom stereocenters. The molecule has 0 aliphatic heterocycles. The zero-order valence-electron chi connectivity index (χ0n) is 2.61. The standard InChI is InChI=1S/BF2H2PS/c1-4(2,3)5/h1H2. The van der Waals surface area contributed by atoms with E-state index in [1.165, 1.54) is 0 Å². The first-order valence-electron chi connectivity index (χ1n) is 0.968. The summed E-state index contributed by atoms with van der Waals surface area (Å²) in [5.41, 5.74) is 0. The van der Waals surface area contributed by atoms with Crippen molar-refractivity contribution in [2.75, 3.05) is 0 Å². The molecule has 0 radical (unpaired) electrons. The monoisotopic (exact) mass is 114 g/mol. The summed E-state index contributed by atoms with van der Waals surface area (Å²) < 4.78 is 21.9. The molecule has 0 spiro atoms. The van der Waals surface area contributed by atoms with Crippen LogP contribution in [0.1, 0.15) is 0 Å². The Morgan fingerprint density at radius 3 is 1.60 bits per heavy atom. The van der Waals surface area contributed by atoms with Crippen LogP contribution in [0.3, 0.4) is 0 Å². The predicted octanol–water partition coefficient (Wildman–Crippen LogP) is 0.783. The second-order valence-corrected chi connectivity index (χ2v) is 4.09. The van der Waals surface area contributed by atoms with Crippen molar-refractivity contribution in [2.45, 2.75) is 0 Å². The molecule has 0 aliphatic carbocycles. The first kappa shape index (κ1) is 5.57. The molecule has 0 rings (SSSR count). The van der Waals surface area contributed by atoms with Crippen molar-refractivity contribution >= 4 is 25.9 Å². The van der Waals surface area contributed by atoms with Gasteiger partial charge in [0.15, 0.2) is 0 Å². The van der Waals surface area contributed by atoms with Crippen LogP contribution in [-0.4, -0.2) is 7.57 Å². The molecule has 5 heavy (non-hydrogen) atoms. The Hall–Kier alpha value is 0.575. The summed E-state index contributed by atoms with van der Waals surface area (Å²) in [5, 5.41) is 0. The lowest BCUT2D eigenvalue weighted by Gasteiger charge is -1.80. The van der Waals surface area contributed by atoms with Gasteiger partial charge in [-0.05, 0) is 11.8 Å². The highest BCUT2D eigenvalue weighted by molar-refractivity contribution is 8.21. The largest absolute Gasteiger partial charge is 0.227 e. The summed E-state index contributed by atoms with van der Waals surface area (Å²) in [6.45, 7) is -3.81. The highest BCUT2D eigenvalue weighted by atomic mass is 32.5. The van der Waals surface area contributed by atoms with Crippen LogP contribution in [0.15, 0.2) is 0 Å². The lowest BCUT2D eigenvalue weighted by atomic mass is 10.8. The summed E-state index contributed by atoms with van der Waals surface area (Å²) in [6.07, 6.45) is 0. The van der Waals surface area contributed by atoms with E-state index in [2.05, 4.69) is 11.8 Å². The maximum Gasteiger partial charge on any atom is 0.227 e. The minimum atomic E-state index is -3.81. The van der Waals surface area contributed by atoms with Crippen molar-refractivity contribution in [1.82, 2.24) is 0 Å². The van der Waals surface area contributed by atoms with Gasteiger partial charge in [0.05, 0.1) is 0 Å². The maximum absolute atomic E-state index is 10.9. The lowest BCUT2D eigenvalue weighted by molar-refractivity contribution is 0.769. The minimum absolute atomic E-state index is 0.780. The molecule has 0 N–H and O–H groups in total. The summed E-state index contributed by atoms with van der Waals surface area (Å²) in [6, 6.07) is 0. The van der Waals surface area contributed by atoms with Crippen LogP contribution in [0.5, 0.6) is 0 Å². The van der Waals surface area contributed by atoms with Crippen molar-refractivity contribution in [1.29, 1.82) is 0 Å². The van der Waals surface area contributed by atoms with Gasteiger partial charge in [0.25, 0.3) is 0 Å². The van der Waals surface area contributed by atoms with Crippen LogP contribution in [0.25, 0.3) is 0 Å². The lowest BCUT2D eigenvalue weighted by Crippen LogP contribution is -1.46. The summed E-state index contributed by atoms with van der Waals surface area (Å²) in [5.74, 6) is 0. The predicted molar refractivity (Wildman–Crippen MR) is 25.0 cm³/mol. The fraction of sp³-hybridized carbons (Fsp3) is 0. The molecule has 0 unspecified atom stereocenters. The zero-order valence-corrected chi connectivity index (χ0v) is 4.32. The van der Waals surface area contributed by atoms with Crippen molar-refractivity contribution in [3.63, 3.8) is 0 Å². The number of hydrogen-bond acceptors (Lipinski definition) is 1. The van der Waals surface area contributed by atoms with Gasteiger partial charge in [-0.25, -0.2) is 0 Å². The van der Waals surface area contributed by atoms with Crippen molar-refractivity contribution in [3.8, 4) is 0 Å². The molecule has 30 valence electrons. The van der Waals surface area contributed by atoms with Crippen LogP contribution in [-0.2, 0) is 11.8 Å². The van der Waals surface area contributed by atoms with Gasteiger partial charge in [-0.15, -0.1) is 0 Å². The smallest absolute Gasteiger partial charge is 0.194 e. The number of halogens is 2. The van der Waals surface area contributed by atoms with Crippen LogP contribution in [0.4, 0.5) is 8.39 Å². The van der Waals surface area contributed by atoms with E-state index < -0.39 is 6.54 Å². The maximum atomic E-state index is 10.9. The Kier molecular flexibility index (Phi) is 1.51. The van der Waals surface area contributed by atoms with Gasteiger partial charge in [-0.3, -0.25) is 0 Å². The summed E-state index contributed by atoms with van der Waals surface area (Å²) in [4.78, 5) is 0. The van der Waals surface area contributed by atoms with Crippen LogP contribution in [0, 0.1) is 0 Å². The number of rotatable bonds is 0. The Morgan fingerprint density at radius 2 is 1.60 bits per heavy atom. The summed E-state index contributed by atoms with van der Waals surface area (Å²) in [7, 11) is 0.780. The average molecular weight is 114 g/mol. The summed E-state index contributed by atoms with van der Waals surface area (Å²) >= 11 is 3.60. The van der Waals surface area contributed by atoms with Gasteiger partial charge < -0.3 is 0 Å². The highest BCUT2D eigenvalue weighted by Crippen LogP contribution is 2.42.